The molecule has 1 atom stereocenters. The van der Waals surface area contributed by atoms with Crippen molar-refractivity contribution in [3.05, 3.63) is 59.7 Å². The lowest BCUT2D eigenvalue weighted by Crippen LogP contribution is -2.07. The molecule has 18 heavy (non-hydrogen) atoms. The molecular weight excluding hydrogens is 226 g/mol. The van der Waals surface area contributed by atoms with Gasteiger partial charge in [-0.25, -0.2) is 0 Å². The molecule has 94 valence electrons. The Morgan fingerprint density at radius 1 is 1.11 bits per heavy atom. The van der Waals surface area contributed by atoms with Crippen LogP contribution in [0, 0.1) is 0 Å². The molecule has 2 aromatic rings. The van der Waals surface area contributed by atoms with Gasteiger partial charge in [0.15, 0.2) is 0 Å². The van der Waals surface area contributed by atoms with Gasteiger partial charge >= 0.3 is 0 Å². The lowest BCUT2D eigenvalue weighted by atomic mass is 10.1. The first kappa shape index (κ1) is 12.5. The third-order valence-electron chi connectivity index (χ3n) is 2.74. The minimum Gasteiger partial charge on any atom is -0.508 e. The molecular formula is C15H17NO2. The Labute approximate surface area is 107 Å². The molecule has 0 radical (unpaired) electrons. The molecule has 0 amide bonds. The summed E-state index contributed by atoms with van der Waals surface area (Å²) in [6.07, 6.45) is 0. The molecule has 0 aliphatic heterocycles. The number of hydrogen-bond donors (Lipinski definition) is 2. The number of rotatable bonds is 4. The molecule has 0 fully saturated rings. The molecule has 0 aromatic heterocycles. The van der Waals surface area contributed by atoms with E-state index in [1.807, 2.05) is 43.3 Å². The largest absolute Gasteiger partial charge is 0.508 e. The first-order valence-electron chi connectivity index (χ1n) is 5.92. The zero-order valence-electron chi connectivity index (χ0n) is 10.3. The maximum atomic E-state index is 9.20. The highest BCUT2D eigenvalue weighted by atomic mass is 16.5. The van der Waals surface area contributed by atoms with Gasteiger partial charge in [-0.1, -0.05) is 30.3 Å². The van der Waals surface area contributed by atoms with Crippen LogP contribution in [0.2, 0.25) is 0 Å². The Balaban J connectivity index is 2.08. The van der Waals surface area contributed by atoms with E-state index in [1.54, 1.807) is 12.1 Å². The van der Waals surface area contributed by atoms with Gasteiger partial charge in [-0.05, 0) is 30.7 Å². The first-order valence-corrected chi connectivity index (χ1v) is 5.92. The Kier molecular flexibility index (Phi) is 3.85. The van der Waals surface area contributed by atoms with Crippen molar-refractivity contribution >= 4 is 0 Å². The van der Waals surface area contributed by atoms with Gasteiger partial charge in [0.05, 0.1) is 0 Å². The van der Waals surface area contributed by atoms with Crippen LogP contribution in [-0.2, 0) is 6.61 Å². The number of hydrogen-bond acceptors (Lipinski definition) is 3. The fourth-order valence-corrected chi connectivity index (χ4v) is 1.74. The van der Waals surface area contributed by atoms with Crippen LogP contribution < -0.4 is 10.5 Å². The van der Waals surface area contributed by atoms with Gasteiger partial charge in [0.1, 0.15) is 18.1 Å². The van der Waals surface area contributed by atoms with Gasteiger partial charge in [0, 0.05) is 11.6 Å². The van der Waals surface area contributed by atoms with E-state index in [0.717, 1.165) is 16.9 Å². The lowest BCUT2D eigenvalue weighted by Gasteiger charge is -2.13. The maximum Gasteiger partial charge on any atom is 0.124 e. The van der Waals surface area contributed by atoms with Gasteiger partial charge in [-0.15, -0.1) is 0 Å². The predicted octanol–water partition coefficient (Wildman–Crippen LogP) is 2.99. The Bertz CT molecular complexity index is 506. The molecule has 0 aliphatic carbocycles. The molecule has 3 heteroatoms. The van der Waals surface area contributed by atoms with Crippen LogP contribution in [0.1, 0.15) is 24.1 Å². The summed E-state index contributed by atoms with van der Waals surface area (Å²) < 4.78 is 5.76. The van der Waals surface area contributed by atoms with E-state index >= 15 is 0 Å². The van der Waals surface area contributed by atoms with Crippen LogP contribution >= 0.6 is 0 Å². The Morgan fingerprint density at radius 2 is 1.78 bits per heavy atom. The summed E-state index contributed by atoms with van der Waals surface area (Å²) in [6, 6.07) is 14.7. The number of phenolic OH excluding ortho intramolecular Hbond substituents is 1. The van der Waals surface area contributed by atoms with Gasteiger partial charge < -0.3 is 15.6 Å². The summed E-state index contributed by atoms with van der Waals surface area (Å²) in [4.78, 5) is 0. The van der Waals surface area contributed by atoms with E-state index in [0.29, 0.717) is 6.61 Å². The fraction of sp³-hybridized carbons (Fsp3) is 0.200. The maximum absolute atomic E-state index is 9.20. The van der Waals surface area contributed by atoms with Crippen molar-refractivity contribution in [3.63, 3.8) is 0 Å². The van der Waals surface area contributed by atoms with E-state index in [1.165, 1.54) is 0 Å². The summed E-state index contributed by atoms with van der Waals surface area (Å²) in [5, 5.41) is 9.20. The molecule has 0 bridgehead atoms. The highest BCUT2D eigenvalue weighted by molar-refractivity contribution is 5.35. The Hall–Kier alpha value is -2.00. The number of nitrogens with two attached hydrogens (primary N) is 1. The van der Waals surface area contributed by atoms with Gasteiger partial charge in [0.25, 0.3) is 0 Å². The molecule has 0 heterocycles. The number of phenols is 1. The summed E-state index contributed by atoms with van der Waals surface area (Å²) in [5.74, 6) is 1.07. The summed E-state index contributed by atoms with van der Waals surface area (Å²) in [6.45, 7) is 2.40. The summed E-state index contributed by atoms with van der Waals surface area (Å²) in [7, 11) is 0. The van der Waals surface area contributed by atoms with Crippen LogP contribution in [-0.4, -0.2) is 5.11 Å². The molecule has 1 unspecified atom stereocenters. The van der Waals surface area contributed by atoms with Gasteiger partial charge in [0.2, 0.25) is 0 Å². The zero-order valence-corrected chi connectivity index (χ0v) is 10.3. The molecule has 2 aromatic carbocycles. The van der Waals surface area contributed by atoms with Crippen LogP contribution in [0.4, 0.5) is 0 Å². The molecule has 0 aliphatic rings. The van der Waals surface area contributed by atoms with E-state index in [-0.39, 0.29) is 11.8 Å². The summed E-state index contributed by atoms with van der Waals surface area (Å²) in [5.41, 5.74) is 7.89. The predicted molar refractivity (Wildman–Crippen MR) is 71.5 cm³/mol. The minimum atomic E-state index is -0.0546. The van der Waals surface area contributed by atoms with E-state index in [4.69, 9.17) is 10.5 Å². The van der Waals surface area contributed by atoms with E-state index in [2.05, 4.69) is 0 Å². The zero-order chi connectivity index (χ0) is 13.0. The second kappa shape index (κ2) is 5.56. The SMILES string of the molecule is CC(N)c1ccccc1OCc1ccc(O)cc1. The molecule has 0 saturated heterocycles. The summed E-state index contributed by atoms with van der Waals surface area (Å²) >= 11 is 0. The van der Waals surface area contributed by atoms with Crippen LogP contribution in [0.25, 0.3) is 0 Å². The minimum absolute atomic E-state index is 0.0546. The van der Waals surface area contributed by atoms with Gasteiger partial charge in [-0.2, -0.15) is 0 Å². The lowest BCUT2D eigenvalue weighted by molar-refractivity contribution is 0.301. The van der Waals surface area contributed by atoms with E-state index in [9.17, 15) is 5.11 Å². The average Bonchev–Trinajstić information content (AvgIpc) is 2.38. The standard InChI is InChI=1S/C15H17NO2/c1-11(16)14-4-2-3-5-15(14)18-10-12-6-8-13(17)9-7-12/h2-9,11,17H,10,16H2,1H3. The van der Waals surface area contributed by atoms with Crippen molar-refractivity contribution < 1.29 is 9.84 Å². The number of ether oxygens (including phenoxy) is 1. The molecule has 0 spiro atoms. The topological polar surface area (TPSA) is 55.5 Å². The second-order valence-electron chi connectivity index (χ2n) is 4.28. The van der Waals surface area contributed by atoms with Crippen molar-refractivity contribution in [2.45, 2.75) is 19.6 Å². The molecule has 2 rings (SSSR count). The number of aromatic hydroxyl groups is 1. The smallest absolute Gasteiger partial charge is 0.124 e. The van der Waals surface area contributed by atoms with Crippen LogP contribution in [0.3, 0.4) is 0 Å². The van der Waals surface area contributed by atoms with Crippen LogP contribution in [0.5, 0.6) is 11.5 Å². The van der Waals surface area contributed by atoms with Crippen molar-refractivity contribution in [2.24, 2.45) is 5.73 Å². The quantitative estimate of drug-likeness (QED) is 0.868. The van der Waals surface area contributed by atoms with Crippen molar-refractivity contribution in [1.82, 2.24) is 0 Å². The average molecular weight is 243 g/mol. The second-order valence-corrected chi connectivity index (χ2v) is 4.28. The Morgan fingerprint density at radius 3 is 2.44 bits per heavy atom. The number of para-hydroxylation sites is 1. The third kappa shape index (κ3) is 3.02. The molecule has 0 saturated carbocycles. The van der Waals surface area contributed by atoms with Gasteiger partial charge in [-0.3, -0.25) is 0 Å². The van der Waals surface area contributed by atoms with Crippen molar-refractivity contribution in [2.75, 3.05) is 0 Å². The van der Waals surface area contributed by atoms with Crippen molar-refractivity contribution in [3.8, 4) is 11.5 Å². The van der Waals surface area contributed by atoms with Crippen LogP contribution in [0.15, 0.2) is 48.5 Å². The highest BCUT2D eigenvalue weighted by Gasteiger charge is 2.07. The number of benzene rings is 2. The monoisotopic (exact) mass is 243 g/mol. The fourth-order valence-electron chi connectivity index (χ4n) is 1.74. The third-order valence-corrected chi connectivity index (χ3v) is 2.74. The van der Waals surface area contributed by atoms with E-state index < -0.39 is 0 Å². The van der Waals surface area contributed by atoms with Crippen molar-refractivity contribution in [1.29, 1.82) is 0 Å². The normalized spacial score (nSPS) is 12.1. The first-order chi connectivity index (χ1) is 8.66. The molecule has 3 nitrogen and oxygen atoms in total. The highest BCUT2D eigenvalue weighted by Crippen LogP contribution is 2.24. The molecule has 3 N–H and O–H groups in total.